The number of carbonyl (C=O) groups excluding carboxylic acids is 3. The molecule has 32 heavy (non-hydrogen) atoms. The minimum absolute atomic E-state index is 0.0535. The van der Waals surface area contributed by atoms with Gasteiger partial charge >= 0.3 is 0 Å². The Labute approximate surface area is 189 Å². The van der Waals surface area contributed by atoms with Gasteiger partial charge in [0.25, 0.3) is 5.91 Å². The highest BCUT2D eigenvalue weighted by Crippen LogP contribution is 2.30. The number of para-hydroxylation sites is 1. The smallest absolute Gasteiger partial charge is 0.253 e. The van der Waals surface area contributed by atoms with Crippen molar-refractivity contribution in [2.45, 2.75) is 58.4 Å². The summed E-state index contributed by atoms with van der Waals surface area (Å²) in [4.78, 5) is 40.3. The van der Waals surface area contributed by atoms with Gasteiger partial charge in [-0.05, 0) is 56.0 Å². The molecule has 1 aliphatic carbocycles. The summed E-state index contributed by atoms with van der Waals surface area (Å²) in [5, 5.41) is 6.02. The summed E-state index contributed by atoms with van der Waals surface area (Å²) >= 11 is 0. The number of rotatable bonds is 5. The van der Waals surface area contributed by atoms with E-state index in [-0.39, 0.29) is 30.2 Å². The number of nitrogens with zero attached hydrogens (tertiary/aromatic N) is 1. The van der Waals surface area contributed by atoms with Gasteiger partial charge in [0.05, 0.1) is 17.2 Å². The lowest BCUT2D eigenvalue weighted by Gasteiger charge is -2.23. The Morgan fingerprint density at radius 3 is 2.50 bits per heavy atom. The zero-order valence-electron chi connectivity index (χ0n) is 18.8. The van der Waals surface area contributed by atoms with Crippen LogP contribution in [0.5, 0.6) is 0 Å². The normalized spacial score (nSPS) is 19.1. The van der Waals surface area contributed by atoms with E-state index in [1.807, 2.05) is 32.0 Å². The van der Waals surface area contributed by atoms with Crippen LogP contribution in [-0.4, -0.2) is 30.3 Å². The van der Waals surface area contributed by atoms with E-state index < -0.39 is 5.92 Å². The van der Waals surface area contributed by atoms with Gasteiger partial charge in [-0.3, -0.25) is 14.4 Å². The van der Waals surface area contributed by atoms with Crippen molar-refractivity contribution in [1.82, 2.24) is 5.32 Å². The first-order valence-electron chi connectivity index (χ1n) is 11.5. The van der Waals surface area contributed by atoms with Gasteiger partial charge in [0.1, 0.15) is 0 Å². The van der Waals surface area contributed by atoms with Gasteiger partial charge in [-0.2, -0.15) is 0 Å². The molecular weight excluding hydrogens is 402 g/mol. The summed E-state index contributed by atoms with van der Waals surface area (Å²) < 4.78 is 0. The van der Waals surface area contributed by atoms with E-state index in [1.54, 1.807) is 29.2 Å². The van der Waals surface area contributed by atoms with E-state index in [9.17, 15) is 14.4 Å². The van der Waals surface area contributed by atoms with Crippen LogP contribution in [0.15, 0.2) is 42.5 Å². The number of amides is 3. The highest BCUT2D eigenvalue weighted by Gasteiger charge is 2.36. The molecule has 1 saturated heterocycles. The Morgan fingerprint density at radius 2 is 1.72 bits per heavy atom. The topological polar surface area (TPSA) is 78.5 Å². The van der Waals surface area contributed by atoms with Crippen LogP contribution in [0.25, 0.3) is 0 Å². The highest BCUT2D eigenvalue weighted by molar-refractivity contribution is 6.07. The van der Waals surface area contributed by atoms with Gasteiger partial charge in [-0.1, -0.05) is 43.5 Å². The fourth-order valence-corrected chi connectivity index (χ4v) is 4.68. The number of aryl methyl sites for hydroxylation is 1. The predicted molar refractivity (Wildman–Crippen MR) is 126 cm³/mol. The Morgan fingerprint density at radius 1 is 0.969 bits per heavy atom. The minimum Gasteiger partial charge on any atom is -0.349 e. The SMILES string of the molecule is Cc1cccc(N2C[C@H](C(=O)Nc3ccccc3C(=O)NC3CCCCC3)CC2=O)c1C. The van der Waals surface area contributed by atoms with Crippen LogP contribution in [0.3, 0.4) is 0 Å². The van der Waals surface area contributed by atoms with Gasteiger partial charge in [-0.25, -0.2) is 0 Å². The molecule has 1 atom stereocenters. The van der Waals surface area contributed by atoms with Crippen molar-refractivity contribution in [1.29, 1.82) is 0 Å². The molecular formula is C26H31N3O3. The Bertz CT molecular complexity index is 1030. The number of carbonyl (C=O) groups is 3. The quantitative estimate of drug-likeness (QED) is 0.736. The summed E-state index contributed by atoms with van der Waals surface area (Å²) in [6.07, 6.45) is 5.65. The lowest BCUT2D eigenvalue weighted by atomic mass is 9.95. The zero-order valence-corrected chi connectivity index (χ0v) is 18.8. The number of hydrogen-bond donors (Lipinski definition) is 2. The monoisotopic (exact) mass is 433 g/mol. The second-order valence-corrected chi connectivity index (χ2v) is 8.97. The summed E-state index contributed by atoms with van der Waals surface area (Å²) in [6.45, 7) is 4.34. The van der Waals surface area contributed by atoms with Crippen LogP contribution in [0.1, 0.15) is 60.0 Å². The van der Waals surface area contributed by atoms with Crippen LogP contribution in [0.2, 0.25) is 0 Å². The van der Waals surface area contributed by atoms with E-state index in [2.05, 4.69) is 10.6 Å². The lowest BCUT2D eigenvalue weighted by Crippen LogP contribution is -2.36. The Hall–Kier alpha value is -3.15. The van der Waals surface area contributed by atoms with Crippen LogP contribution in [-0.2, 0) is 9.59 Å². The molecule has 1 aliphatic heterocycles. The fraction of sp³-hybridized carbons (Fsp3) is 0.423. The molecule has 2 aromatic rings. The number of anilines is 2. The molecule has 1 saturated carbocycles. The number of benzene rings is 2. The lowest BCUT2D eigenvalue weighted by molar-refractivity contribution is -0.122. The zero-order chi connectivity index (χ0) is 22.7. The molecule has 2 fully saturated rings. The summed E-state index contributed by atoms with van der Waals surface area (Å²) in [7, 11) is 0. The largest absolute Gasteiger partial charge is 0.349 e. The van der Waals surface area contributed by atoms with Crippen molar-refractivity contribution in [2.24, 2.45) is 5.92 Å². The summed E-state index contributed by atoms with van der Waals surface area (Å²) in [5.41, 5.74) is 3.97. The first kappa shape index (κ1) is 22.1. The second-order valence-electron chi connectivity index (χ2n) is 8.97. The number of nitrogens with one attached hydrogen (secondary N) is 2. The average Bonchev–Trinajstić information content (AvgIpc) is 3.18. The van der Waals surface area contributed by atoms with Crippen LogP contribution >= 0.6 is 0 Å². The maximum atomic E-state index is 13.0. The molecule has 6 heteroatoms. The van der Waals surface area contributed by atoms with Gasteiger partial charge in [0.2, 0.25) is 11.8 Å². The maximum absolute atomic E-state index is 13.0. The van der Waals surface area contributed by atoms with Crippen LogP contribution in [0.4, 0.5) is 11.4 Å². The molecule has 6 nitrogen and oxygen atoms in total. The molecule has 2 aromatic carbocycles. The molecule has 1 heterocycles. The molecule has 4 rings (SSSR count). The summed E-state index contributed by atoms with van der Waals surface area (Å²) in [6, 6.07) is 13.1. The van der Waals surface area contributed by atoms with Gasteiger partial charge in [0, 0.05) is 24.7 Å². The van der Waals surface area contributed by atoms with Crippen LogP contribution < -0.4 is 15.5 Å². The van der Waals surface area contributed by atoms with Crippen molar-refractivity contribution in [3.8, 4) is 0 Å². The fourth-order valence-electron chi connectivity index (χ4n) is 4.68. The van der Waals surface area contributed by atoms with E-state index >= 15 is 0 Å². The first-order chi connectivity index (χ1) is 15.4. The van der Waals surface area contributed by atoms with Gasteiger partial charge < -0.3 is 15.5 Å². The Kier molecular flexibility index (Phi) is 6.58. The first-order valence-corrected chi connectivity index (χ1v) is 11.5. The van der Waals surface area contributed by atoms with E-state index in [4.69, 9.17) is 0 Å². The van der Waals surface area contributed by atoms with Crippen molar-refractivity contribution < 1.29 is 14.4 Å². The molecule has 0 spiro atoms. The highest BCUT2D eigenvalue weighted by atomic mass is 16.2. The molecule has 168 valence electrons. The third kappa shape index (κ3) is 4.69. The van der Waals surface area contributed by atoms with E-state index in [0.717, 1.165) is 42.5 Å². The standard InChI is InChI=1S/C26H31N3O3/c1-17-9-8-14-23(18(17)2)29-16-19(15-24(29)30)25(31)28-22-13-7-6-12-21(22)26(32)27-20-10-4-3-5-11-20/h6-9,12-14,19-20H,3-5,10-11,15-16H2,1-2H3,(H,27,32)(H,28,31)/t19-/m1/s1. The molecule has 0 radical (unpaired) electrons. The third-order valence-corrected chi connectivity index (χ3v) is 6.73. The average molecular weight is 434 g/mol. The summed E-state index contributed by atoms with van der Waals surface area (Å²) in [5.74, 6) is -0.907. The predicted octanol–water partition coefficient (Wildman–Crippen LogP) is 4.36. The molecule has 2 N–H and O–H groups in total. The second kappa shape index (κ2) is 9.55. The van der Waals surface area contributed by atoms with Crippen molar-refractivity contribution in [3.63, 3.8) is 0 Å². The molecule has 0 unspecified atom stereocenters. The Balaban J connectivity index is 1.45. The van der Waals surface area contributed by atoms with Gasteiger partial charge in [-0.15, -0.1) is 0 Å². The van der Waals surface area contributed by atoms with Gasteiger partial charge in [0.15, 0.2) is 0 Å². The minimum atomic E-state index is -0.461. The third-order valence-electron chi connectivity index (χ3n) is 6.73. The maximum Gasteiger partial charge on any atom is 0.253 e. The molecule has 2 aliphatic rings. The van der Waals surface area contributed by atoms with Crippen molar-refractivity contribution in [3.05, 3.63) is 59.2 Å². The van der Waals surface area contributed by atoms with E-state index in [0.29, 0.717) is 17.8 Å². The molecule has 0 bridgehead atoms. The molecule has 3 amide bonds. The number of hydrogen-bond acceptors (Lipinski definition) is 3. The van der Waals surface area contributed by atoms with Crippen LogP contribution in [0, 0.1) is 19.8 Å². The van der Waals surface area contributed by atoms with Crippen molar-refractivity contribution >= 4 is 29.1 Å². The molecule has 0 aromatic heterocycles. The van der Waals surface area contributed by atoms with E-state index in [1.165, 1.54) is 6.42 Å². The van der Waals surface area contributed by atoms with Crippen molar-refractivity contribution in [2.75, 3.05) is 16.8 Å².